The summed E-state index contributed by atoms with van der Waals surface area (Å²) in [7, 11) is -1.79. The maximum atomic E-state index is 8.98. The average molecular weight is 228 g/mol. The molecule has 4 heteroatoms. The van der Waals surface area contributed by atoms with Crippen molar-refractivity contribution in [3.8, 4) is 0 Å². The van der Waals surface area contributed by atoms with Crippen molar-refractivity contribution >= 4 is 7.32 Å². The molecule has 17 heavy (non-hydrogen) atoms. The molecule has 86 valence electrons. The first-order valence-corrected chi connectivity index (χ1v) is 5.39. The topological polar surface area (TPSA) is 49.7 Å². The van der Waals surface area contributed by atoms with Crippen LogP contribution in [0.3, 0.4) is 0 Å². The van der Waals surface area contributed by atoms with E-state index < -0.39 is 13.4 Å². The summed E-state index contributed by atoms with van der Waals surface area (Å²) in [5.41, 5.74) is 1.76. The van der Waals surface area contributed by atoms with Crippen molar-refractivity contribution in [2.24, 2.45) is 0 Å². The number of hydrogen-bond donors (Lipinski definition) is 2. The highest BCUT2D eigenvalue weighted by Crippen LogP contribution is 2.25. The largest absolute Gasteiger partial charge is 0.634 e. The lowest BCUT2D eigenvalue weighted by Gasteiger charge is -2.18. The van der Waals surface area contributed by atoms with Gasteiger partial charge in [-0.3, -0.25) is 0 Å². The molecule has 0 saturated heterocycles. The lowest BCUT2D eigenvalue weighted by molar-refractivity contribution is 0.143. The Hall–Kier alpha value is -1.62. The molecule has 0 saturated carbocycles. The summed E-state index contributed by atoms with van der Waals surface area (Å²) in [5.74, 6) is 0. The van der Waals surface area contributed by atoms with Gasteiger partial charge in [-0.15, -0.1) is 0 Å². The van der Waals surface area contributed by atoms with Crippen molar-refractivity contribution < 1.29 is 14.7 Å². The van der Waals surface area contributed by atoms with Crippen molar-refractivity contribution in [2.45, 2.75) is 6.10 Å². The predicted molar refractivity (Wildman–Crippen MR) is 66.0 cm³/mol. The van der Waals surface area contributed by atoms with E-state index in [1.807, 2.05) is 60.7 Å². The first-order chi connectivity index (χ1) is 8.27. The minimum atomic E-state index is -1.79. The van der Waals surface area contributed by atoms with Gasteiger partial charge in [0.05, 0.1) is 6.10 Å². The van der Waals surface area contributed by atoms with Crippen molar-refractivity contribution in [3.63, 3.8) is 0 Å². The first-order valence-electron chi connectivity index (χ1n) is 5.39. The second-order valence-electron chi connectivity index (χ2n) is 3.66. The Kier molecular flexibility index (Phi) is 3.93. The van der Waals surface area contributed by atoms with Crippen LogP contribution in [0.2, 0.25) is 0 Å². The fraction of sp³-hybridized carbons (Fsp3) is 0.0769. The Morgan fingerprint density at radius 2 is 1.18 bits per heavy atom. The minimum absolute atomic E-state index is 0.475. The molecule has 0 spiro atoms. The van der Waals surface area contributed by atoms with Gasteiger partial charge in [-0.1, -0.05) is 60.7 Å². The predicted octanol–water partition coefficient (Wildman–Crippen LogP) is 1.76. The standard InChI is InChI=1S/C13H13BO3/c15-14(16)17-13(11-7-3-1-4-8-11)12-9-5-2-6-10-12/h1-10,13,15-16H. The number of hydrogen-bond acceptors (Lipinski definition) is 3. The lowest BCUT2D eigenvalue weighted by atomic mass is 10.00. The Labute approximate surface area is 100 Å². The third-order valence-corrected chi connectivity index (χ3v) is 2.46. The van der Waals surface area contributed by atoms with Gasteiger partial charge >= 0.3 is 7.32 Å². The molecule has 0 aromatic heterocycles. The molecule has 0 fully saturated rings. The normalized spacial score (nSPS) is 10.5. The van der Waals surface area contributed by atoms with Crippen molar-refractivity contribution in [3.05, 3.63) is 71.8 Å². The van der Waals surface area contributed by atoms with E-state index in [1.54, 1.807) is 0 Å². The van der Waals surface area contributed by atoms with Crippen LogP contribution in [0.15, 0.2) is 60.7 Å². The van der Waals surface area contributed by atoms with Crippen molar-refractivity contribution in [1.29, 1.82) is 0 Å². The Bertz CT molecular complexity index is 405. The highest BCUT2D eigenvalue weighted by molar-refractivity contribution is 6.32. The molecule has 2 rings (SSSR count). The fourth-order valence-corrected chi connectivity index (χ4v) is 1.73. The van der Waals surface area contributed by atoms with Gasteiger partial charge in [0.25, 0.3) is 0 Å². The van der Waals surface area contributed by atoms with Gasteiger partial charge in [0.15, 0.2) is 0 Å². The zero-order chi connectivity index (χ0) is 12.1. The van der Waals surface area contributed by atoms with Gasteiger partial charge in [-0.25, -0.2) is 0 Å². The van der Waals surface area contributed by atoms with Gasteiger partial charge in [0.1, 0.15) is 0 Å². The van der Waals surface area contributed by atoms with Crippen LogP contribution in [-0.2, 0) is 4.65 Å². The molecule has 3 nitrogen and oxygen atoms in total. The van der Waals surface area contributed by atoms with Crippen LogP contribution < -0.4 is 0 Å². The summed E-state index contributed by atoms with van der Waals surface area (Å²) in [4.78, 5) is 0. The molecule has 0 aliphatic carbocycles. The molecule has 0 heterocycles. The molecule has 2 aromatic carbocycles. The molecular formula is C13H13BO3. The van der Waals surface area contributed by atoms with Crippen LogP contribution >= 0.6 is 0 Å². The van der Waals surface area contributed by atoms with Crippen molar-refractivity contribution in [2.75, 3.05) is 0 Å². The van der Waals surface area contributed by atoms with E-state index in [9.17, 15) is 0 Å². The Morgan fingerprint density at radius 3 is 1.53 bits per heavy atom. The van der Waals surface area contributed by atoms with Crippen LogP contribution in [0.4, 0.5) is 0 Å². The smallest absolute Gasteiger partial charge is 0.402 e. The summed E-state index contributed by atoms with van der Waals surface area (Å²) in [6.07, 6.45) is -0.475. The van der Waals surface area contributed by atoms with Crippen LogP contribution in [-0.4, -0.2) is 17.4 Å². The zero-order valence-electron chi connectivity index (χ0n) is 9.23. The van der Waals surface area contributed by atoms with E-state index in [-0.39, 0.29) is 0 Å². The summed E-state index contributed by atoms with van der Waals surface area (Å²) in [6, 6.07) is 18.9. The molecule has 2 aromatic rings. The highest BCUT2D eigenvalue weighted by Gasteiger charge is 2.21. The Morgan fingerprint density at radius 1 is 0.765 bits per heavy atom. The summed E-state index contributed by atoms with van der Waals surface area (Å²) in [6.45, 7) is 0. The van der Waals surface area contributed by atoms with E-state index >= 15 is 0 Å². The molecule has 2 N–H and O–H groups in total. The minimum Gasteiger partial charge on any atom is -0.402 e. The lowest BCUT2D eigenvalue weighted by Crippen LogP contribution is -2.21. The maximum absolute atomic E-state index is 8.98. The molecule has 0 unspecified atom stereocenters. The molecular weight excluding hydrogens is 215 g/mol. The summed E-state index contributed by atoms with van der Waals surface area (Å²) in [5, 5.41) is 18.0. The maximum Gasteiger partial charge on any atom is 0.634 e. The molecule has 0 amide bonds. The fourth-order valence-electron chi connectivity index (χ4n) is 1.73. The van der Waals surface area contributed by atoms with Crippen LogP contribution in [0.25, 0.3) is 0 Å². The second kappa shape index (κ2) is 5.64. The van der Waals surface area contributed by atoms with Crippen LogP contribution in [0.1, 0.15) is 17.2 Å². The van der Waals surface area contributed by atoms with E-state index in [0.717, 1.165) is 11.1 Å². The van der Waals surface area contributed by atoms with E-state index in [2.05, 4.69) is 0 Å². The average Bonchev–Trinajstić information content (AvgIpc) is 2.38. The zero-order valence-corrected chi connectivity index (χ0v) is 9.23. The highest BCUT2D eigenvalue weighted by atomic mass is 16.6. The van der Waals surface area contributed by atoms with Gasteiger partial charge in [-0.05, 0) is 11.1 Å². The third kappa shape index (κ3) is 3.17. The second-order valence-corrected chi connectivity index (χ2v) is 3.66. The van der Waals surface area contributed by atoms with Crippen LogP contribution in [0, 0.1) is 0 Å². The summed E-state index contributed by atoms with van der Waals surface area (Å²) >= 11 is 0. The third-order valence-electron chi connectivity index (χ3n) is 2.46. The quantitative estimate of drug-likeness (QED) is 0.784. The van der Waals surface area contributed by atoms with Gasteiger partial charge in [0.2, 0.25) is 0 Å². The Balaban J connectivity index is 2.32. The van der Waals surface area contributed by atoms with Crippen molar-refractivity contribution in [1.82, 2.24) is 0 Å². The number of benzene rings is 2. The number of rotatable bonds is 4. The molecule has 0 aliphatic rings. The van der Waals surface area contributed by atoms with Gasteiger partial charge in [-0.2, -0.15) is 0 Å². The van der Waals surface area contributed by atoms with Crippen LogP contribution in [0.5, 0.6) is 0 Å². The van der Waals surface area contributed by atoms with Gasteiger partial charge in [0, 0.05) is 0 Å². The first kappa shape index (κ1) is 11.9. The van der Waals surface area contributed by atoms with Gasteiger partial charge < -0.3 is 14.7 Å². The molecule has 0 aliphatic heterocycles. The van der Waals surface area contributed by atoms with E-state index in [4.69, 9.17) is 14.7 Å². The van der Waals surface area contributed by atoms with E-state index in [0.29, 0.717) is 0 Å². The molecule has 0 radical (unpaired) electrons. The van der Waals surface area contributed by atoms with E-state index in [1.165, 1.54) is 0 Å². The SMILES string of the molecule is OB(O)OC(c1ccccc1)c1ccccc1. The molecule has 0 bridgehead atoms. The monoisotopic (exact) mass is 228 g/mol. The summed E-state index contributed by atoms with van der Waals surface area (Å²) < 4.78 is 5.13. The molecule has 0 atom stereocenters.